The molecule has 0 bridgehead atoms. The van der Waals surface area contributed by atoms with Gasteiger partial charge in [-0.2, -0.15) is 0 Å². The molecular weight excluding hydrogens is 832 g/mol. The number of phosphoric acid groups is 1. The Balaban J connectivity index is 5.37. The van der Waals surface area contributed by atoms with Crippen LogP contribution in [0, 0.1) is 0 Å². The number of hydrogen-bond acceptors (Lipinski definition) is 6. The summed E-state index contributed by atoms with van der Waals surface area (Å²) in [5.74, 6) is -0.490. The second-order valence-corrected chi connectivity index (χ2v) is 21.9. The van der Waals surface area contributed by atoms with E-state index in [1.165, 1.54) is 186 Å². The zero-order valence-corrected chi connectivity index (χ0v) is 44.9. The SMILES string of the molecule is CCCCCCCCCCCCC/C=C/[C@@H](OC(=O)CCCCCCCCCCCCCCC)[C@H](COP(=O)(O)OCC[N+](C)(C)C)NC(=O)CCCCCCCCCCCCCCC. The van der Waals surface area contributed by atoms with Crippen LogP contribution in [0.2, 0.25) is 0 Å². The number of nitrogens with one attached hydrogen (secondary N) is 1. The number of amides is 1. The van der Waals surface area contributed by atoms with Gasteiger partial charge in [-0.3, -0.25) is 18.6 Å². The van der Waals surface area contributed by atoms with Gasteiger partial charge in [0, 0.05) is 12.8 Å². The van der Waals surface area contributed by atoms with Crippen molar-refractivity contribution in [2.45, 2.75) is 290 Å². The largest absolute Gasteiger partial charge is 0.472 e. The third-order valence-electron chi connectivity index (χ3n) is 12.7. The Morgan fingerprint density at radius 3 is 1.26 bits per heavy atom. The lowest BCUT2D eigenvalue weighted by Crippen LogP contribution is -2.47. The molecule has 0 fully saturated rings. The minimum absolute atomic E-state index is 0.0454. The Morgan fingerprint density at radius 2 is 0.877 bits per heavy atom. The van der Waals surface area contributed by atoms with Crippen molar-refractivity contribution in [1.82, 2.24) is 5.32 Å². The first-order chi connectivity index (χ1) is 31.4. The van der Waals surface area contributed by atoms with Gasteiger partial charge in [0.2, 0.25) is 5.91 Å². The van der Waals surface area contributed by atoms with Gasteiger partial charge in [0.15, 0.2) is 0 Å². The molecule has 0 saturated heterocycles. The maximum Gasteiger partial charge on any atom is 0.472 e. The lowest BCUT2D eigenvalue weighted by Gasteiger charge is -2.27. The topological polar surface area (TPSA) is 111 Å². The van der Waals surface area contributed by atoms with Gasteiger partial charge in [-0.25, -0.2) is 4.57 Å². The van der Waals surface area contributed by atoms with Crippen LogP contribution in [-0.2, 0) is 27.9 Å². The summed E-state index contributed by atoms with van der Waals surface area (Å²) in [6.07, 6.45) is 50.5. The van der Waals surface area contributed by atoms with Crippen LogP contribution in [0.4, 0.5) is 0 Å². The van der Waals surface area contributed by atoms with Crippen molar-refractivity contribution in [3.63, 3.8) is 0 Å². The molecule has 0 aromatic carbocycles. The first-order valence-electron chi connectivity index (χ1n) is 28.0. The zero-order valence-electron chi connectivity index (χ0n) is 44.0. The third-order valence-corrected chi connectivity index (χ3v) is 13.7. The zero-order chi connectivity index (χ0) is 48.0. The van der Waals surface area contributed by atoms with Crippen molar-refractivity contribution in [3.05, 3.63) is 12.2 Å². The first kappa shape index (κ1) is 63.8. The summed E-state index contributed by atoms with van der Waals surface area (Å²) in [4.78, 5) is 37.5. The molecule has 0 aliphatic heterocycles. The highest BCUT2D eigenvalue weighted by molar-refractivity contribution is 7.47. The molecule has 0 aliphatic rings. The average Bonchev–Trinajstić information content (AvgIpc) is 3.26. The van der Waals surface area contributed by atoms with Crippen molar-refractivity contribution in [3.8, 4) is 0 Å². The normalized spacial score (nSPS) is 13.9. The number of rotatable bonds is 51. The summed E-state index contributed by atoms with van der Waals surface area (Å²) in [6.45, 7) is 7.04. The molecule has 0 aromatic heterocycles. The van der Waals surface area contributed by atoms with Gasteiger partial charge < -0.3 is 19.4 Å². The number of ether oxygens (including phenoxy) is 1. The van der Waals surface area contributed by atoms with Crippen LogP contribution in [0.15, 0.2) is 12.2 Å². The van der Waals surface area contributed by atoms with Crippen molar-refractivity contribution in [1.29, 1.82) is 0 Å². The summed E-state index contributed by atoms with van der Waals surface area (Å²) in [6, 6.07) is -0.837. The number of nitrogens with zero attached hydrogens (tertiary/aromatic N) is 1. The van der Waals surface area contributed by atoms with Crippen LogP contribution in [-0.4, -0.2) is 74.3 Å². The minimum Gasteiger partial charge on any atom is -0.456 e. The van der Waals surface area contributed by atoms with E-state index in [0.717, 1.165) is 57.8 Å². The van der Waals surface area contributed by atoms with E-state index in [0.29, 0.717) is 23.9 Å². The molecular formula is C55H110N2O7P+. The smallest absolute Gasteiger partial charge is 0.456 e. The quantitative estimate of drug-likeness (QED) is 0.0205. The Labute approximate surface area is 403 Å². The summed E-state index contributed by atoms with van der Waals surface area (Å²) in [7, 11) is 1.51. The molecule has 0 aliphatic carbocycles. The number of likely N-dealkylation sites (N-methyl/N-ethyl adjacent to an activating group) is 1. The highest BCUT2D eigenvalue weighted by atomic mass is 31.2. The summed E-state index contributed by atoms with van der Waals surface area (Å²) < 4.78 is 30.6. The average molecular weight is 942 g/mol. The lowest BCUT2D eigenvalue weighted by atomic mass is 10.0. The lowest BCUT2D eigenvalue weighted by molar-refractivity contribution is -0.870. The molecule has 3 atom stereocenters. The Kier molecular flexibility index (Phi) is 45.6. The third kappa shape index (κ3) is 47.6. The van der Waals surface area contributed by atoms with Gasteiger partial charge >= 0.3 is 13.8 Å². The van der Waals surface area contributed by atoms with Crippen LogP contribution < -0.4 is 5.32 Å². The van der Waals surface area contributed by atoms with Crippen molar-refractivity contribution < 1.29 is 37.3 Å². The van der Waals surface area contributed by atoms with E-state index < -0.39 is 20.0 Å². The number of phosphoric ester groups is 1. The van der Waals surface area contributed by atoms with Gasteiger partial charge in [-0.05, 0) is 31.8 Å². The molecule has 0 radical (unpaired) electrons. The Hall–Kier alpha value is -1.25. The van der Waals surface area contributed by atoms with E-state index in [9.17, 15) is 19.0 Å². The van der Waals surface area contributed by atoms with Crippen molar-refractivity contribution in [2.75, 3.05) is 40.9 Å². The van der Waals surface area contributed by atoms with Gasteiger partial charge in [-0.15, -0.1) is 0 Å². The molecule has 0 saturated carbocycles. The van der Waals surface area contributed by atoms with E-state index in [-0.39, 0.29) is 25.1 Å². The van der Waals surface area contributed by atoms with E-state index in [1.54, 1.807) is 0 Å². The van der Waals surface area contributed by atoms with Gasteiger partial charge in [-0.1, -0.05) is 245 Å². The van der Waals surface area contributed by atoms with E-state index in [1.807, 2.05) is 33.3 Å². The molecule has 1 amide bonds. The fourth-order valence-corrected chi connectivity index (χ4v) is 9.09. The molecule has 2 N–H and O–H groups in total. The number of carbonyl (C=O) groups is 2. The van der Waals surface area contributed by atoms with Crippen LogP contribution >= 0.6 is 7.82 Å². The van der Waals surface area contributed by atoms with Crippen LogP contribution in [0.25, 0.3) is 0 Å². The number of allylic oxidation sites excluding steroid dienone is 1. The van der Waals surface area contributed by atoms with Gasteiger partial charge in [0.1, 0.15) is 19.3 Å². The van der Waals surface area contributed by atoms with Gasteiger partial charge in [0.05, 0.1) is 33.8 Å². The number of quaternary nitrogens is 1. The highest BCUT2D eigenvalue weighted by Crippen LogP contribution is 2.43. The molecule has 0 rings (SSSR count). The molecule has 9 nitrogen and oxygen atoms in total. The summed E-state index contributed by atoms with van der Waals surface area (Å²) in [5.41, 5.74) is 0. The number of esters is 1. The fraction of sp³-hybridized carbons (Fsp3) is 0.927. The van der Waals surface area contributed by atoms with Crippen LogP contribution in [0.1, 0.15) is 278 Å². The Morgan fingerprint density at radius 1 is 0.523 bits per heavy atom. The Bertz CT molecular complexity index is 1130. The van der Waals surface area contributed by atoms with Gasteiger partial charge in [0.25, 0.3) is 0 Å². The molecule has 1 unspecified atom stereocenters. The summed E-state index contributed by atoms with van der Waals surface area (Å²) >= 11 is 0. The van der Waals surface area contributed by atoms with Crippen LogP contribution in [0.3, 0.4) is 0 Å². The monoisotopic (exact) mass is 942 g/mol. The minimum atomic E-state index is -4.43. The molecule has 0 spiro atoms. The van der Waals surface area contributed by atoms with Crippen LogP contribution in [0.5, 0.6) is 0 Å². The summed E-state index contributed by atoms with van der Waals surface area (Å²) in [5, 5.41) is 3.05. The van der Waals surface area contributed by atoms with E-state index in [4.69, 9.17) is 13.8 Å². The molecule has 0 aromatic rings. The van der Waals surface area contributed by atoms with E-state index >= 15 is 0 Å². The maximum atomic E-state index is 13.5. The van der Waals surface area contributed by atoms with Crippen molar-refractivity contribution >= 4 is 19.7 Å². The molecule has 0 heterocycles. The predicted molar refractivity (Wildman–Crippen MR) is 277 cm³/mol. The number of hydrogen-bond donors (Lipinski definition) is 2. The molecule has 386 valence electrons. The predicted octanol–water partition coefficient (Wildman–Crippen LogP) is 16.4. The number of carbonyl (C=O) groups excluding carboxylic acids is 2. The maximum absolute atomic E-state index is 13.5. The van der Waals surface area contributed by atoms with Crippen molar-refractivity contribution in [2.24, 2.45) is 0 Å². The van der Waals surface area contributed by atoms with E-state index in [2.05, 4.69) is 26.1 Å². The highest BCUT2D eigenvalue weighted by Gasteiger charge is 2.30. The first-order valence-corrected chi connectivity index (χ1v) is 29.5. The number of unbranched alkanes of at least 4 members (excludes halogenated alkanes) is 35. The molecule has 10 heteroatoms. The molecule has 65 heavy (non-hydrogen) atoms. The second-order valence-electron chi connectivity index (χ2n) is 20.5. The second kappa shape index (κ2) is 46.5. The standard InChI is InChI=1S/C55H109N2O7P/c1-7-10-13-16-19-22-25-28-31-34-37-40-43-46-53(64-55(59)48-45-42-39-36-33-30-27-24-21-18-15-12-9-3)52(51-63-65(60,61)62-50-49-57(4,5)6)56-54(58)47-44-41-38-35-32-29-26-23-20-17-14-11-8-2/h43,46,52-53H,7-42,44-45,47-51H2,1-6H3,(H-,56,58,60,61)/p+1/b46-43+/t52-,53+/m0/s1. The fourth-order valence-electron chi connectivity index (χ4n) is 8.35.